The minimum Gasteiger partial charge on any atom is -0.358 e. The Bertz CT molecular complexity index is 4670. The number of rotatable bonds is 7. The van der Waals surface area contributed by atoms with E-state index in [1.807, 2.05) is 140 Å². The van der Waals surface area contributed by atoms with Crippen LogP contribution in [0.2, 0.25) is 0 Å². The summed E-state index contributed by atoms with van der Waals surface area (Å²) < 4.78 is 0. The van der Waals surface area contributed by atoms with Gasteiger partial charge in [-0.25, -0.2) is 4.98 Å². The van der Waals surface area contributed by atoms with Crippen LogP contribution in [0.5, 0.6) is 0 Å². The summed E-state index contributed by atoms with van der Waals surface area (Å²) in [5.74, 6) is 3.26. The molecule has 2 amide bonds. The summed E-state index contributed by atoms with van der Waals surface area (Å²) in [4.78, 5) is 74.5. The Balaban J connectivity index is 0.000000142. The number of para-hydroxylation sites is 3. The van der Waals surface area contributed by atoms with E-state index in [1.165, 1.54) is 38.6 Å². The number of pyridine rings is 4. The molecule has 2 aliphatic heterocycles. The number of hydrogen-bond acceptors (Lipinski definition) is 9. The lowest BCUT2D eigenvalue weighted by Crippen LogP contribution is -2.44. The number of allylic oxidation sites excluding steroid dienone is 2. The highest BCUT2D eigenvalue weighted by Gasteiger charge is 2.29. The second kappa shape index (κ2) is 33.0. The van der Waals surface area contributed by atoms with Crippen LogP contribution in [0.1, 0.15) is 154 Å². The van der Waals surface area contributed by atoms with E-state index in [4.69, 9.17) is 0 Å². The Morgan fingerprint density at radius 1 is 0.505 bits per heavy atom. The average molecular weight is 1270 g/mol. The number of amides is 2. The van der Waals surface area contributed by atoms with Gasteiger partial charge >= 0.3 is 0 Å². The number of carbonyl (C=O) groups excluding carboxylic acids is 2. The SMILES string of the molecule is CC(C)C1=CC=CC2C=CC(=O)NC12.CC(C)N1CC(=O)Nc2ccccc21.CC(C)c1c[nH]c(=O)c2ccccc12.CC(C)c1cc(=O)[nH]c2ccccc12.CC(C)c1cccc2[nH]c(=O)ccc12.CC(C)c1ccnc2[nH]ccc12.CC(C)c1cnnc2ccccc12. The molecule has 2 atom stereocenters. The van der Waals surface area contributed by atoms with E-state index in [2.05, 4.69) is 190 Å². The molecule has 0 bridgehead atoms. The van der Waals surface area contributed by atoms with E-state index in [0.717, 1.165) is 60.7 Å². The molecule has 0 saturated carbocycles. The van der Waals surface area contributed by atoms with Crippen LogP contribution in [0.4, 0.5) is 11.4 Å². The zero-order valence-electron chi connectivity index (χ0n) is 57.3. The van der Waals surface area contributed by atoms with Crippen LogP contribution in [0, 0.1) is 11.8 Å². The highest BCUT2D eigenvalue weighted by atomic mass is 16.2. The maximum atomic E-state index is 11.5. The van der Waals surface area contributed by atoms with Gasteiger partial charge < -0.3 is 35.5 Å². The number of aromatic amines is 4. The maximum Gasteiger partial charge on any atom is 0.255 e. The minimum absolute atomic E-state index is 0.00926. The predicted molar refractivity (Wildman–Crippen MR) is 394 cm³/mol. The first kappa shape index (κ1) is 70.6. The summed E-state index contributed by atoms with van der Waals surface area (Å²) in [5, 5.41) is 20.5. The van der Waals surface area contributed by atoms with Crippen LogP contribution in [0.25, 0.3) is 54.5 Å². The third-order valence-electron chi connectivity index (χ3n) is 16.8. The van der Waals surface area contributed by atoms with E-state index >= 15 is 0 Å². The van der Waals surface area contributed by atoms with Crippen molar-refractivity contribution in [3.8, 4) is 0 Å². The molecule has 14 rings (SSSR count). The monoisotopic (exact) mass is 1270 g/mol. The van der Waals surface area contributed by atoms with Gasteiger partial charge in [0.15, 0.2) is 0 Å². The molecule has 11 aromatic rings. The number of carbonyl (C=O) groups is 2. The zero-order chi connectivity index (χ0) is 68.5. The number of aromatic nitrogens is 7. The second-order valence-corrected chi connectivity index (χ2v) is 26.0. The first-order chi connectivity index (χ1) is 45.5. The number of nitrogens with one attached hydrogen (secondary N) is 6. The summed E-state index contributed by atoms with van der Waals surface area (Å²) in [7, 11) is 0. The highest BCUT2D eigenvalue weighted by Crippen LogP contribution is 2.32. The molecular formula is C80H92N10O5. The lowest BCUT2D eigenvalue weighted by atomic mass is 9.81. The Kier molecular flexibility index (Phi) is 24.5. The van der Waals surface area contributed by atoms with Gasteiger partial charge in [-0.05, 0) is 149 Å². The van der Waals surface area contributed by atoms with Crippen LogP contribution < -0.4 is 32.2 Å². The third-order valence-corrected chi connectivity index (χ3v) is 16.8. The van der Waals surface area contributed by atoms with Crippen molar-refractivity contribution in [2.24, 2.45) is 11.8 Å². The normalized spacial score (nSPS) is 14.5. The summed E-state index contributed by atoms with van der Waals surface area (Å²) >= 11 is 0. The number of fused-ring (bicyclic) bond motifs is 7. The van der Waals surface area contributed by atoms with E-state index in [1.54, 1.807) is 18.2 Å². The zero-order valence-corrected chi connectivity index (χ0v) is 57.3. The smallest absolute Gasteiger partial charge is 0.255 e. The van der Waals surface area contributed by atoms with Crippen molar-refractivity contribution in [3.63, 3.8) is 0 Å². The van der Waals surface area contributed by atoms with Crippen molar-refractivity contribution in [2.45, 2.75) is 139 Å². The van der Waals surface area contributed by atoms with Gasteiger partial charge in [0.05, 0.1) is 35.7 Å². The fourth-order valence-electron chi connectivity index (χ4n) is 11.9. The van der Waals surface area contributed by atoms with E-state index in [-0.39, 0.29) is 34.5 Å². The van der Waals surface area contributed by atoms with Crippen molar-refractivity contribution < 1.29 is 9.59 Å². The Morgan fingerprint density at radius 3 is 1.79 bits per heavy atom. The number of benzene rings is 5. The lowest BCUT2D eigenvalue weighted by Gasteiger charge is -2.33. The standard InChI is InChI=1S/C12H13NO.C12H15NO.2C12H13NO.C11H14N2O.C11H12N2.C10H12N2/c1-8(2)9-4-3-5-11-10(9)6-7-12(14)13-11;1-8(2)10-5-3-4-9-6-7-11(14)13-12(9)10;1-8(2)10-7-12(14)13-11-6-4-3-5-9(10)11;1-8(2)11-7-13-12(14)10-6-4-3-5-9(10)11;1-8(2)13-7-11(14)12-9-5-3-4-6-10(9)13;1-8(2)10-7-12-13-11-6-4-3-5-9(10)11;1-7(2)8-3-5-11-10-9(8)4-6-12-10/h3-8H,1-2H3,(H,13,14);3-9,12H,1-2H3,(H,13,14);2*3-8H,1-2H3,(H,13,14);3-6,8H,7H2,1-2H3,(H,12,14);3-8H,1-2H3;3-7H,1-2H3,(H,11,12). The Morgan fingerprint density at radius 2 is 1.11 bits per heavy atom. The number of hydrogen-bond donors (Lipinski definition) is 6. The largest absolute Gasteiger partial charge is 0.358 e. The minimum atomic E-state index is -0.0431. The molecule has 0 saturated heterocycles. The van der Waals surface area contributed by atoms with Crippen LogP contribution in [-0.4, -0.2) is 65.6 Å². The van der Waals surface area contributed by atoms with Gasteiger partial charge in [-0.2, -0.15) is 10.2 Å². The van der Waals surface area contributed by atoms with Crippen molar-refractivity contribution in [1.82, 2.24) is 40.4 Å². The van der Waals surface area contributed by atoms with E-state index in [9.17, 15) is 24.0 Å². The predicted octanol–water partition coefficient (Wildman–Crippen LogP) is 17.1. The highest BCUT2D eigenvalue weighted by molar-refractivity contribution is 6.01. The molecule has 492 valence electrons. The third kappa shape index (κ3) is 18.3. The summed E-state index contributed by atoms with van der Waals surface area (Å²) in [6, 6.07) is 47.5. The molecule has 8 heterocycles. The van der Waals surface area contributed by atoms with Gasteiger partial charge in [0.1, 0.15) is 5.65 Å². The fraction of sp³-hybridized carbons (Fsp3) is 0.300. The van der Waals surface area contributed by atoms with Gasteiger partial charge in [-0.15, -0.1) is 0 Å². The number of H-pyrrole nitrogens is 4. The molecule has 15 nitrogen and oxygen atoms in total. The molecule has 15 heteroatoms. The Hall–Kier alpha value is -10.3. The maximum absolute atomic E-state index is 11.5. The number of nitrogens with zero attached hydrogens (tertiary/aromatic N) is 4. The molecule has 2 unspecified atom stereocenters. The second-order valence-electron chi connectivity index (χ2n) is 26.0. The van der Waals surface area contributed by atoms with Crippen molar-refractivity contribution in [2.75, 3.05) is 16.8 Å². The molecule has 0 spiro atoms. The summed E-state index contributed by atoms with van der Waals surface area (Å²) in [6.07, 6.45) is 17.4. The number of anilines is 2. The molecular weight excluding hydrogens is 1180 g/mol. The van der Waals surface area contributed by atoms with Crippen molar-refractivity contribution in [3.05, 3.63) is 265 Å². The lowest BCUT2D eigenvalue weighted by molar-refractivity contribution is -0.117. The quantitative estimate of drug-likeness (QED) is 0.0894. The van der Waals surface area contributed by atoms with Crippen LogP contribution in [0.3, 0.4) is 0 Å². The molecule has 0 radical (unpaired) electrons. The van der Waals surface area contributed by atoms with Gasteiger partial charge in [0.25, 0.3) is 5.56 Å². The Labute approximate surface area is 557 Å². The van der Waals surface area contributed by atoms with Crippen molar-refractivity contribution >= 4 is 77.7 Å². The van der Waals surface area contributed by atoms with Crippen LogP contribution >= 0.6 is 0 Å². The first-order valence-electron chi connectivity index (χ1n) is 33.0. The average Bonchev–Trinajstić information content (AvgIpc) is 1.81. The molecule has 3 aliphatic rings. The molecule has 5 aromatic carbocycles. The first-order valence-corrected chi connectivity index (χ1v) is 33.0. The van der Waals surface area contributed by atoms with Gasteiger partial charge in [-0.3, -0.25) is 24.0 Å². The van der Waals surface area contributed by atoms with Crippen LogP contribution in [-0.2, 0) is 9.59 Å². The van der Waals surface area contributed by atoms with Gasteiger partial charge in [0.2, 0.25) is 22.9 Å². The molecule has 0 fully saturated rings. The molecule has 6 N–H and O–H groups in total. The molecule has 1 aliphatic carbocycles. The summed E-state index contributed by atoms with van der Waals surface area (Å²) in [6.45, 7) is 30.4. The topological polar surface area (TPSA) is 214 Å². The molecule has 95 heavy (non-hydrogen) atoms. The fourth-order valence-corrected chi connectivity index (χ4v) is 11.9. The van der Waals surface area contributed by atoms with Crippen molar-refractivity contribution in [1.29, 1.82) is 0 Å². The van der Waals surface area contributed by atoms with E-state index < -0.39 is 0 Å². The van der Waals surface area contributed by atoms with Gasteiger partial charge in [-0.1, -0.05) is 186 Å². The van der Waals surface area contributed by atoms with Gasteiger partial charge in [0, 0.05) is 80.6 Å². The van der Waals surface area contributed by atoms with E-state index in [0.29, 0.717) is 54.0 Å². The summed E-state index contributed by atoms with van der Waals surface area (Å²) in [5.41, 5.74) is 13.3. The van der Waals surface area contributed by atoms with Crippen LogP contribution in [0.15, 0.2) is 221 Å². The molecule has 6 aromatic heterocycles.